The third-order valence-electron chi connectivity index (χ3n) is 3.27. The SMILES string of the molecule is CCOC(CCN1CCc2sccc2C1)OCC. The van der Waals surface area contributed by atoms with Crippen LogP contribution in [0.2, 0.25) is 0 Å². The van der Waals surface area contributed by atoms with Gasteiger partial charge in [-0.1, -0.05) is 0 Å². The highest BCUT2D eigenvalue weighted by molar-refractivity contribution is 7.10. The van der Waals surface area contributed by atoms with Crippen molar-refractivity contribution in [2.24, 2.45) is 0 Å². The number of thiophene rings is 1. The molecule has 1 aliphatic heterocycles. The fourth-order valence-corrected chi connectivity index (χ4v) is 3.26. The first-order valence-corrected chi connectivity index (χ1v) is 7.72. The molecule has 2 rings (SSSR count). The van der Waals surface area contributed by atoms with E-state index in [-0.39, 0.29) is 6.29 Å². The van der Waals surface area contributed by atoms with Gasteiger partial charge in [-0.05, 0) is 37.3 Å². The monoisotopic (exact) mass is 269 g/mol. The van der Waals surface area contributed by atoms with Gasteiger partial charge in [-0.25, -0.2) is 0 Å². The van der Waals surface area contributed by atoms with Crippen molar-refractivity contribution in [1.82, 2.24) is 4.90 Å². The number of hydrogen-bond acceptors (Lipinski definition) is 4. The number of rotatable bonds is 7. The molecule has 3 nitrogen and oxygen atoms in total. The molecule has 1 aromatic heterocycles. The average Bonchev–Trinajstić information content (AvgIpc) is 2.84. The molecule has 1 aliphatic rings. The first-order valence-electron chi connectivity index (χ1n) is 6.84. The Balaban J connectivity index is 1.77. The van der Waals surface area contributed by atoms with Gasteiger partial charge in [0.1, 0.15) is 0 Å². The summed E-state index contributed by atoms with van der Waals surface area (Å²) in [5.41, 5.74) is 1.51. The summed E-state index contributed by atoms with van der Waals surface area (Å²) >= 11 is 1.89. The predicted octanol–water partition coefficient (Wildman–Crippen LogP) is 2.90. The number of hydrogen-bond donors (Lipinski definition) is 0. The number of fused-ring (bicyclic) bond motifs is 1. The molecule has 0 saturated heterocycles. The molecule has 0 fully saturated rings. The van der Waals surface area contributed by atoms with Gasteiger partial charge in [0.25, 0.3) is 0 Å². The van der Waals surface area contributed by atoms with E-state index in [0.717, 1.165) is 32.7 Å². The zero-order valence-corrected chi connectivity index (χ0v) is 12.2. The second-order valence-corrected chi connectivity index (χ2v) is 5.52. The largest absolute Gasteiger partial charge is 0.353 e. The van der Waals surface area contributed by atoms with Crippen LogP contribution in [-0.2, 0) is 22.4 Å². The van der Waals surface area contributed by atoms with Crippen molar-refractivity contribution in [2.45, 2.75) is 39.5 Å². The Morgan fingerprint density at radius 2 is 2.11 bits per heavy atom. The van der Waals surface area contributed by atoms with Crippen LogP contribution in [0.15, 0.2) is 11.4 Å². The van der Waals surface area contributed by atoms with Crippen LogP contribution in [0.4, 0.5) is 0 Å². The first-order chi connectivity index (χ1) is 8.83. The van der Waals surface area contributed by atoms with Crippen LogP contribution in [0.5, 0.6) is 0 Å². The fraction of sp³-hybridized carbons (Fsp3) is 0.714. The molecule has 2 heterocycles. The molecule has 0 amide bonds. The highest BCUT2D eigenvalue weighted by atomic mass is 32.1. The van der Waals surface area contributed by atoms with Crippen LogP contribution in [0, 0.1) is 0 Å². The van der Waals surface area contributed by atoms with Crippen molar-refractivity contribution in [1.29, 1.82) is 0 Å². The summed E-state index contributed by atoms with van der Waals surface area (Å²) in [5, 5.41) is 2.21. The lowest BCUT2D eigenvalue weighted by molar-refractivity contribution is -0.142. The second-order valence-electron chi connectivity index (χ2n) is 4.52. The van der Waals surface area contributed by atoms with Gasteiger partial charge in [-0.2, -0.15) is 0 Å². The summed E-state index contributed by atoms with van der Waals surface area (Å²) in [6.45, 7) is 8.79. The minimum absolute atomic E-state index is 0.0381. The summed E-state index contributed by atoms with van der Waals surface area (Å²) in [4.78, 5) is 4.07. The molecule has 4 heteroatoms. The molecule has 0 atom stereocenters. The molecular weight excluding hydrogens is 246 g/mol. The molecule has 0 radical (unpaired) electrons. The van der Waals surface area contributed by atoms with E-state index in [4.69, 9.17) is 9.47 Å². The molecule has 0 spiro atoms. The maximum atomic E-state index is 5.58. The molecule has 102 valence electrons. The van der Waals surface area contributed by atoms with Gasteiger partial charge in [-0.15, -0.1) is 11.3 Å². The Kier molecular flexibility index (Phi) is 5.63. The minimum atomic E-state index is -0.0381. The van der Waals surface area contributed by atoms with Gasteiger partial charge in [0.2, 0.25) is 0 Å². The number of ether oxygens (including phenoxy) is 2. The van der Waals surface area contributed by atoms with Crippen LogP contribution in [0.25, 0.3) is 0 Å². The minimum Gasteiger partial charge on any atom is -0.353 e. The standard InChI is InChI=1S/C14H23NO2S/c1-3-16-14(17-4-2)6-9-15-8-5-13-12(11-15)7-10-18-13/h7,10,14H,3-6,8-9,11H2,1-2H3. The van der Waals surface area contributed by atoms with Gasteiger partial charge in [0.05, 0.1) is 0 Å². The van der Waals surface area contributed by atoms with Crippen LogP contribution in [0.1, 0.15) is 30.7 Å². The van der Waals surface area contributed by atoms with Crippen LogP contribution in [-0.4, -0.2) is 37.5 Å². The van der Waals surface area contributed by atoms with E-state index in [9.17, 15) is 0 Å². The molecule has 18 heavy (non-hydrogen) atoms. The normalized spacial score (nSPS) is 16.2. The van der Waals surface area contributed by atoms with Gasteiger partial charge >= 0.3 is 0 Å². The summed E-state index contributed by atoms with van der Waals surface area (Å²) < 4.78 is 11.2. The zero-order chi connectivity index (χ0) is 12.8. The fourth-order valence-electron chi connectivity index (χ4n) is 2.37. The molecule has 0 N–H and O–H groups in total. The summed E-state index contributed by atoms with van der Waals surface area (Å²) in [6.07, 6.45) is 2.12. The van der Waals surface area contributed by atoms with E-state index in [1.807, 2.05) is 25.2 Å². The van der Waals surface area contributed by atoms with Crippen molar-refractivity contribution in [3.05, 3.63) is 21.9 Å². The Hall–Kier alpha value is -0.420. The quantitative estimate of drug-likeness (QED) is 0.710. The molecule has 0 saturated carbocycles. The maximum Gasteiger partial charge on any atom is 0.158 e. The molecule has 0 bridgehead atoms. The van der Waals surface area contributed by atoms with Crippen molar-refractivity contribution in [3.8, 4) is 0 Å². The molecule has 0 aromatic carbocycles. The van der Waals surface area contributed by atoms with E-state index >= 15 is 0 Å². The zero-order valence-electron chi connectivity index (χ0n) is 11.4. The van der Waals surface area contributed by atoms with E-state index < -0.39 is 0 Å². The van der Waals surface area contributed by atoms with Gasteiger partial charge in [0, 0.05) is 44.1 Å². The topological polar surface area (TPSA) is 21.7 Å². The van der Waals surface area contributed by atoms with Crippen molar-refractivity contribution >= 4 is 11.3 Å². The molecule has 0 aliphatic carbocycles. The maximum absolute atomic E-state index is 5.58. The van der Waals surface area contributed by atoms with E-state index in [1.165, 1.54) is 18.5 Å². The van der Waals surface area contributed by atoms with Gasteiger partial charge < -0.3 is 9.47 Å². The Morgan fingerprint density at radius 1 is 1.33 bits per heavy atom. The number of nitrogens with zero attached hydrogens (tertiary/aromatic N) is 1. The Morgan fingerprint density at radius 3 is 2.83 bits per heavy atom. The van der Waals surface area contributed by atoms with Crippen molar-refractivity contribution in [3.63, 3.8) is 0 Å². The van der Waals surface area contributed by atoms with Gasteiger partial charge in [-0.3, -0.25) is 4.90 Å². The lowest BCUT2D eigenvalue weighted by Gasteiger charge is -2.28. The molecular formula is C14H23NO2S. The van der Waals surface area contributed by atoms with Crippen LogP contribution in [0.3, 0.4) is 0 Å². The van der Waals surface area contributed by atoms with E-state index in [2.05, 4.69) is 16.3 Å². The second kappa shape index (κ2) is 7.24. The lowest BCUT2D eigenvalue weighted by Crippen LogP contribution is -2.33. The van der Waals surface area contributed by atoms with Gasteiger partial charge in [0.15, 0.2) is 6.29 Å². The predicted molar refractivity (Wildman–Crippen MR) is 75.0 cm³/mol. The Bertz CT molecular complexity index is 347. The smallest absolute Gasteiger partial charge is 0.158 e. The third-order valence-corrected chi connectivity index (χ3v) is 4.30. The molecule has 1 aromatic rings. The summed E-state index contributed by atoms with van der Waals surface area (Å²) in [5.74, 6) is 0. The third kappa shape index (κ3) is 3.79. The van der Waals surface area contributed by atoms with E-state index in [0.29, 0.717) is 0 Å². The highest BCUT2D eigenvalue weighted by Gasteiger charge is 2.18. The van der Waals surface area contributed by atoms with Crippen molar-refractivity contribution in [2.75, 3.05) is 26.3 Å². The van der Waals surface area contributed by atoms with Crippen LogP contribution >= 0.6 is 11.3 Å². The molecule has 0 unspecified atom stereocenters. The lowest BCUT2D eigenvalue weighted by atomic mass is 10.1. The van der Waals surface area contributed by atoms with Crippen LogP contribution < -0.4 is 0 Å². The average molecular weight is 269 g/mol. The Labute approximate surface area is 114 Å². The first kappa shape index (κ1) is 14.0. The van der Waals surface area contributed by atoms with Crippen molar-refractivity contribution < 1.29 is 9.47 Å². The highest BCUT2D eigenvalue weighted by Crippen LogP contribution is 2.24. The summed E-state index contributed by atoms with van der Waals surface area (Å²) in [6, 6.07) is 2.26. The summed E-state index contributed by atoms with van der Waals surface area (Å²) in [7, 11) is 0. The van der Waals surface area contributed by atoms with E-state index in [1.54, 1.807) is 4.88 Å².